The predicted molar refractivity (Wildman–Crippen MR) is 117 cm³/mol. The summed E-state index contributed by atoms with van der Waals surface area (Å²) in [6.07, 6.45) is 19.8. The van der Waals surface area contributed by atoms with E-state index in [2.05, 4.69) is 57.7 Å². The molecule has 0 fully saturated rings. The van der Waals surface area contributed by atoms with Gasteiger partial charge in [0, 0.05) is 4.90 Å². The van der Waals surface area contributed by atoms with Crippen molar-refractivity contribution >= 4 is 12.6 Å². The Morgan fingerprint density at radius 3 is 1.60 bits per heavy atom. The molecular formula is C24H42S. The molecule has 0 saturated carbocycles. The lowest BCUT2D eigenvalue weighted by Crippen LogP contribution is -2.17. The minimum atomic E-state index is 0.246. The molecule has 25 heavy (non-hydrogen) atoms. The largest absolute Gasteiger partial charge is 0.143 e. The maximum absolute atomic E-state index is 4.63. The second-order valence-electron chi connectivity index (χ2n) is 8.39. The van der Waals surface area contributed by atoms with E-state index in [0.717, 1.165) is 4.90 Å². The lowest BCUT2D eigenvalue weighted by Gasteiger charge is -2.26. The number of unbranched alkanes of at least 4 members (excludes halogenated alkanes) is 12. The van der Waals surface area contributed by atoms with Crippen molar-refractivity contribution in [3.63, 3.8) is 0 Å². The van der Waals surface area contributed by atoms with Crippen LogP contribution >= 0.6 is 12.6 Å². The Morgan fingerprint density at radius 1 is 0.680 bits per heavy atom. The number of hydrogen-bond donors (Lipinski definition) is 1. The first-order valence-electron chi connectivity index (χ1n) is 10.9. The average Bonchev–Trinajstić information content (AvgIpc) is 2.59. The molecule has 0 nitrogen and oxygen atoms in total. The highest BCUT2D eigenvalue weighted by atomic mass is 32.1. The first kappa shape index (κ1) is 22.6. The van der Waals surface area contributed by atoms with Crippen molar-refractivity contribution in [2.45, 2.75) is 121 Å². The SMILES string of the molecule is CCCCCCCCCCCCCCCC(C)(C)c1ccccc1S. The fourth-order valence-electron chi connectivity index (χ4n) is 3.77. The van der Waals surface area contributed by atoms with Gasteiger partial charge >= 0.3 is 0 Å². The van der Waals surface area contributed by atoms with Crippen molar-refractivity contribution in [2.24, 2.45) is 0 Å². The highest BCUT2D eigenvalue weighted by Crippen LogP contribution is 2.33. The summed E-state index contributed by atoms with van der Waals surface area (Å²) < 4.78 is 0. The van der Waals surface area contributed by atoms with Crippen molar-refractivity contribution in [3.8, 4) is 0 Å². The zero-order chi connectivity index (χ0) is 18.4. The molecule has 0 spiro atoms. The lowest BCUT2D eigenvalue weighted by molar-refractivity contribution is 0.435. The molecule has 0 aliphatic heterocycles. The summed E-state index contributed by atoms with van der Waals surface area (Å²) in [4.78, 5) is 1.14. The second-order valence-corrected chi connectivity index (χ2v) is 8.88. The standard InChI is InChI=1S/C24H42S/c1-4-5-6-7-8-9-10-11-12-13-14-15-18-21-24(2,3)22-19-16-17-20-23(22)25/h16-17,19-20,25H,4-15,18,21H2,1-3H3. The fourth-order valence-corrected chi connectivity index (χ4v) is 4.23. The van der Waals surface area contributed by atoms with E-state index in [1.165, 1.54) is 95.5 Å². The van der Waals surface area contributed by atoms with Crippen molar-refractivity contribution in [3.05, 3.63) is 29.8 Å². The zero-order valence-electron chi connectivity index (χ0n) is 17.2. The molecule has 0 unspecified atom stereocenters. The van der Waals surface area contributed by atoms with Crippen LogP contribution in [0.25, 0.3) is 0 Å². The van der Waals surface area contributed by atoms with Crippen LogP contribution in [0.3, 0.4) is 0 Å². The molecule has 0 atom stereocenters. The van der Waals surface area contributed by atoms with Crippen LogP contribution in [0.15, 0.2) is 29.2 Å². The molecule has 0 heterocycles. The third-order valence-electron chi connectivity index (χ3n) is 5.54. The zero-order valence-corrected chi connectivity index (χ0v) is 18.1. The predicted octanol–water partition coefficient (Wildman–Crippen LogP) is 8.73. The molecule has 0 amide bonds. The highest BCUT2D eigenvalue weighted by Gasteiger charge is 2.21. The quantitative estimate of drug-likeness (QED) is 0.234. The van der Waals surface area contributed by atoms with E-state index in [0.29, 0.717) is 0 Å². The smallest absolute Gasteiger partial charge is 0.00774 e. The number of rotatable bonds is 15. The van der Waals surface area contributed by atoms with Crippen LogP contribution in [0.2, 0.25) is 0 Å². The van der Waals surface area contributed by atoms with Gasteiger partial charge in [-0.15, -0.1) is 12.6 Å². The summed E-state index contributed by atoms with van der Waals surface area (Å²) in [5, 5.41) is 0. The topological polar surface area (TPSA) is 0 Å². The summed E-state index contributed by atoms with van der Waals surface area (Å²) >= 11 is 4.63. The molecule has 1 rings (SSSR count). The summed E-state index contributed by atoms with van der Waals surface area (Å²) in [5.74, 6) is 0. The minimum Gasteiger partial charge on any atom is -0.143 e. The van der Waals surface area contributed by atoms with E-state index in [1.807, 2.05) is 0 Å². The molecule has 1 aromatic carbocycles. The maximum atomic E-state index is 4.63. The maximum Gasteiger partial charge on any atom is 0.00774 e. The third-order valence-corrected chi connectivity index (χ3v) is 5.93. The Morgan fingerprint density at radius 2 is 1.12 bits per heavy atom. The Hall–Kier alpha value is -0.430. The van der Waals surface area contributed by atoms with Crippen molar-refractivity contribution in [1.29, 1.82) is 0 Å². The third kappa shape index (κ3) is 10.3. The molecule has 0 N–H and O–H groups in total. The normalized spacial score (nSPS) is 11.8. The van der Waals surface area contributed by atoms with Gasteiger partial charge in [0.1, 0.15) is 0 Å². The molecule has 0 aliphatic rings. The lowest BCUT2D eigenvalue weighted by atomic mass is 9.80. The molecule has 144 valence electrons. The van der Waals surface area contributed by atoms with E-state index in [4.69, 9.17) is 0 Å². The Labute approximate surface area is 163 Å². The van der Waals surface area contributed by atoms with Gasteiger partial charge in [-0.1, -0.05) is 122 Å². The van der Waals surface area contributed by atoms with E-state index in [9.17, 15) is 0 Å². The van der Waals surface area contributed by atoms with Crippen LogP contribution in [0.1, 0.15) is 116 Å². The van der Waals surface area contributed by atoms with Crippen LogP contribution in [0.5, 0.6) is 0 Å². The van der Waals surface area contributed by atoms with Crippen LogP contribution in [-0.4, -0.2) is 0 Å². The van der Waals surface area contributed by atoms with Crippen molar-refractivity contribution < 1.29 is 0 Å². The summed E-state index contributed by atoms with van der Waals surface area (Å²) in [6, 6.07) is 8.57. The highest BCUT2D eigenvalue weighted by molar-refractivity contribution is 7.80. The molecule has 0 bridgehead atoms. The van der Waals surface area contributed by atoms with E-state index in [-0.39, 0.29) is 5.41 Å². The first-order chi connectivity index (χ1) is 12.1. The Bertz CT molecular complexity index is 435. The van der Waals surface area contributed by atoms with Crippen LogP contribution < -0.4 is 0 Å². The van der Waals surface area contributed by atoms with E-state index >= 15 is 0 Å². The molecular weight excluding hydrogens is 320 g/mol. The fraction of sp³-hybridized carbons (Fsp3) is 0.750. The van der Waals surface area contributed by atoms with Gasteiger partial charge in [-0.2, -0.15) is 0 Å². The van der Waals surface area contributed by atoms with Crippen molar-refractivity contribution in [2.75, 3.05) is 0 Å². The number of thiol groups is 1. The first-order valence-corrected chi connectivity index (χ1v) is 11.3. The van der Waals surface area contributed by atoms with Gasteiger partial charge < -0.3 is 0 Å². The second kappa shape index (κ2) is 13.7. The van der Waals surface area contributed by atoms with Gasteiger partial charge in [0.2, 0.25) is 0 Å². The molecule has 1 heteroatoms. The molecule has 0 aromatic heterocycles. The summed E-state index contributed by atoms with van der Waals surface area (Å²) in [6.45, 7) is 7.02. The number of benzene rings is 1. The molecule has 0 aliphatic carbocycles. The van der Waals surface area contributed by atoms with Gasteiger partial charge in [0.05, 0.1) is 0 Å². The van der Waals surface area contributed by atoms with Gasteiger partial charge in [0.15, 0.2) is 0 Å². The minimum absolute atomic E-state index is 0.246. The monoisotopic (exact) mass is 362 g/mol. The molecule has 1 aromatic rings. The van der Waals surface area contributed by atoms with Crippen LogP contribution in [-0.2, 0) is 5.41 Å². The van der Waals surface area contributed by atoms with Gasteiger partial charge in [-0.25, -0.2) is 0 Å². The van der Waals surface area contributed by atoms with Gasteiger partial charge in [-0.05, 0) is 23.5 Å². The summed E-state index contributed by atoms with van der Waals surface area (Å²) in [5.41, 5.74) is 1.65. The molecule has 0 radical (unpaired) electrons. The Balaban J connectivity index is 1.97. The van der Waals surface area contributed by atoms with E-state index < -0.39 is 0 Å². The number of hydrogen-bond acceptors (Lipinski definition) is 1. The van der Waals surface area contributed by atoms with Crippen LogP contribution in [0.4, 0.5) is 0 Å². The summed E-state index contributed by atoms with van der Waals surface area (Å²) in [7, 11) is 0. The van der Waals surface area contributed by atoms with Gasteiger partial charge in [0.25, 0.3) is 0 Å². The van der Waals surface area contributed by atoms with Crippen LogP contribution in [0, 0.1) is 0 Å². The van der Waals surface area contributed by atoms with E-state index in [1.54, 1.807) is 0 Å². The van der Waals surface area contributed by atoms with Gasteiger partial charge in [-0.3, -0.25) is 0 Å². The molecule has 0 saturated heterocycles. The van der Waals surface area contributed by atoms with Crippen molar-refractivity contribution in [1.82, 2.24) is 0 Å². The Kier molecular flexibility index (Phi) is 12.4. The average molecular weight is 363 g/mol.